The summed E-state index contributed by atoms with van der Waals surface area (Å²) in [5.74, 6) is 0.0737. The predicted molar refractivity (Wildman–Crippen MR) is 116 cm³/mol. The number of rotatable bonds is 4. The summed E-state index contributed by atoms with van der Waals surface area (Å²) in [5.41, 5.74) is 4.56. The minimum atomic E-state index is 0.0737. The van der Waals surface area contributed by atoms with Crippen molar-refractivity contribution in [3.8, 4) is 5.69 Å². The van der Waals surface area contributed by atoms with Gasteiger partial charge in [0.1, 0.15) is 0 Å². The number of nitrogens with zero attached hydrogens (tertiary/aromatic N) is 4. The molecule has 150 valence electrons. The van der Waals surface area contributed by atoms with Gasteiger partial charge in [0, 0.05) is 37.7 Å². The summed E-state index contributed by atoms with van der Waals surface area (Å²) in [6.07, 6.45) is 0. The molecule has 2 aromatic carbocycles. The molecule has 29 heavy (non-hydrogen) atoms. The van der Waals surface area contributed by atoms with Crippen molar-refractivity contribution < 1.29 is 4.79 Å². The Labute approximate surface area is 176 Å². The van der Waals surface area contributed by atoms with E-state index < -0.39 is 0 Å². The highest BCUT2D eigenvalue weighted by molar-refractivity contribution is 6.30. The van der Waals surface area contributed by atoms with E-state index in [1.807, 2.05) is 72.0 Å². The SMILES string of the molecule is Cc1nn(-c2ccccc2)c(C)c1C(=O)N1CCN(Cc2cccc(Cl)c2)CC1. The lowest BCUT2D eigenvalue weighted by atomic mass is 10.1. The van der Waals surface area contributed by atoms with E-state index in [0.717, 1.165) is 60.4 Å². The quantitative estimate of drug-likeness (QED) is 0.652. The third-order valence-electron chi connectivity index (χ3n) is 5.46. The number of amides is 1. The number of para-hydroxylation sites is 1. The van der Waals surface area contributed by atoms with E-state index in [1.54, 1.807) is 0 Å². The highest BCUT2D eigenvalue weighted by Crippen LogP contribution is 2.21. The molecule has 1 aromatic heterocycles. The Hall–Kier alpha value is -2.63. The molecule has 0 N–H and O–H groups in total. The van der Waals surface area contributed by atoms with Crippen LogP contribution in [0.25, 0.3) is 5.69 Å². The van der Waals surface area contributed by atoms with E-state index in [4.69, 9.17) is 11.6 Å². The number of benzene rings is 2. The molecule has 1 saturated heterocycles. The smallest absolute Gasteiger partial charge is 0.257 e. The van der Waals surface area contributed by atoms with Gasteiger partial charge in [-0.2, -0.15) is 5.10 Å². The Bertz CT molecular complexity index is 1010. The second-order valence-corrected chi connectivity index (χ2v) is 7.93. The molecule has 1 amide bonds. The average molecular weight is 409 g/mol. The lowest BCUT2D eigenvalue weighted by Gasteiger charge is -2.34. The molecule has 6 heteroatoms. The van der Waals surface area contributed by atoms with Crippen molar-refractivity contribution in [3.05, 3.63) is 82.1 Å². The van der Waals surface area contributed by atoms with Crippen LogP contribution >= 0.6 is 11.6 Å². The molecule has 0 spiro atoms. The van der Waals surface area contributed by atoms with E-state index in [1.165, 1.54) is 5.56 Å². The monoisotopic (exact) mass is 408 g/mol. The minimum Gasteiger partial charge on any atom is -0.336 e. The normalized spacial score (nSPS) is 14.9. The van der Waals surface area contributed by atoms with Crippen LogP contribution in [0.15, 0.2) is 54.6 Å². The first kappa shape index (κ1) is 19.7. The fourth-order valence-electron chi connectivity index (χ4n) is 3.93. The molecule has 3 aromatic rings. The van der Waals surface area contributed by atoms with Crippen molar-refractivity contribution in [2.45, 2.75) is 20.4 Å². The van der Waals surface area contributed by atoms with Crippen molar-refractivity contribution in [3.63, 3.8) is 0 Å². The van der Waals surface area contributed by atoms with Gasteiger partial charge >= 0.3 is 0 Å². The molecule has 0 radical (unpaired) electrons. The highest BCUT2D eigenvalue weighted by Gasteiger charge is 2.27. The number of halogens is 1. The van der Waals surface area contributed by atoms with Gasteiger partial charge in [-0.05, 0) is 43.7 Å². The first-order chi connectivity index (χ1) is 14.0. The minimum absolute atomic E-state index is 0.0737. The molecule has 0 unspecified atom stereocenters. The second-order valence-electron chi connectivity index (χ2n) is 7.49. The average Bonchev–Trinajstić information content (AvgIpc) is 3.03. The van der Waals surface area contributed by atoms with Crippen LogP contribution in [0.2, 0.25) is 5.02 Å². The summed E-state index contributed by atoms with van der Waals surface area (Å²) in [4.78, 5) is 17.5. The van der Waals surface area contributed by atoms with E-state index in [-0.39, 0.29) is 5.91 Å². The number of hydrogen-bond donors (Lipinski definition) is 0. The number of piperazine rings is 1. The predicted octanol–water partition coefficient (Wildman–Crippen LogP) is 4.10. The van der Waals surface area contributed by atoms with Gasteiger partial charge in [0.25, 0.3) is 5.91 Å². The topological polar surface area (TPSA) is 41.4 Å². The van der Waals surface area contributed by atoms with Crippen molar-refractivity contribution in [2.75, 3.05) is 26.2 Å². The third-order valence-corrected chi connectivity index (χ3v) is 5.70. The van der Waals surface area contributed by atoms with Gasteiger partial charge in [-0.25, -0.2) is 4.68 Å². The largest absolute Gasteiger partial charge is 0.336 e. The lowest BCUT2D eigenvalue weighted by molar-refractivity contribution is 0.0627. The summed E-state index contributed by atoms with van der Waals surface area (Å²) >= 11 is 6.09. The maximum atomic E-state index is 13.2. The molecule has 5 nitrogen and oxygen atoms in total. The van der Waals surface area contributed by atoms with Crippen LogP contribution in [-0.2, 0) is 6.54 Å². The van der Waals surface area contributed by atoms with Crippen LogP contribution < -0.4 is 0 Å². The summed E-state index contributed by atoms with van der Waals surface area (Å²) in [6, 6.07) is 17.9. The molecule has 0 aliphatic carbocycles. The summed E-state index contributed by atoms with van der Waals surface area (Å²) in [5, 5.41) is 5.38. The van der Waals surface area contributed by atoms with Crippen molar-refractivity contribution in [1.29, 1.82) is 0 Å². The fourth-order valence-corrected chi connectivity index (χ4v) is 4.15. The Kier molecular flexibility index (Phi) is 5.69. The Morgan fingerprint density at radius 2 is 1.72 bits per heavy atom. The van der Waals surface area contributed by atoms with Gasteiger partial charge < -0.3 is 4.90 Å². The molecule has 1 fully saturated rings. The van der Waals surface area contributed by atoms with Crippen molar-refractivity contribution in [1.82, 2.24) is 19.6 Å². The van der Waals surface area contributed by atoms with Crippen LogP contribution in [-0.4, -0.2) is 51.7 Å². The summed E-state index contributed by atoms with van der Waals surface area (Å²) in [7, 11) is 0. The zero-order chi connectivity index (χ0) is 20.4. The molecule has 1 aliphatic heterocycles. The first-order valence-corrected chi connectivity index (χ1v) is 10.3. The number of aromatic nitrogens is 2. The van der Waals surface area contributed by atoms with Gasteiger partial charge in [0.05, 0.1) is 22.6 Å². The van der Waals surface area contributed by atoms with E-state index in [2.05, 4.69) is 16.1 Å². The van der Waals surface area contributed by atoms with Gasteiger partial charge in [-0.3, -0.25) is 9.69 Å². The summed E-state index contributed by atoms with van der Waals surface area (Å²) < 4.78 is 1.86. The van der Waals surface area contributed by atoms with Crippen LogP contribution in [0, 0.1) is 13.8 Å². The molecule has 0 atom stereocenters. The third kappa shape index (κ3) is 4.21. The van der Waals surface area contributed by atoms with Gasteiger partial charge in [-0.15, -0.1) is 0 Å². The van der Waals surface area contributed by atoms with E-state index >= 15 is 0 Å². The molecular weight excluding hydrogens is 384 g/mol. The van der Waals surface area contributed by atoms with Crippen molar-refractivity contribution in [2.24, 2.45) is 0 Å². The Morgan fingerprint density at radius 3 is 2.41 bits per heavy atom. The van der Waals surface area contributed by atoms with Gasteiger partial charge in [0.2, 0.25) is 0 Å². The molecule has 4 rings (SSSR count). The van der Waals surface area contributed by atoms with Gasteiger partial charge in [0.15, 0.2) is 0 Å². The Morgan fingerprint density at radius 1 is 1.00 bits per heavy atom. The molecule has 2 heterocycles. The molecule has 1 aliphatic rings. The zero-order valence-electron chi connectivity index (χ0n) is 16.8. The van der Waals surface area contributed by atoms with Gasteiger partial charge in [-0.1, -0.05) is 41.9 Å². The van der Waals surface area contributed by atoms with Crippen LogP contribution in [0.3, 0.4) is 0 Å². The molecular formula is C23H25ClN4O. The summed E-state index contributed by atoms with van der Waals surface area (Å²) in [6.45, 7) is 7.87. The highest BCUT2D eigenvalue weighted by atomic mass is 35.5. The van der Waals surface area contributed by atoms with E-state index in [9.17, 15) is 4.79 Å². The standard InChI is InChI=1S/C23H25ClN4O/c1-17-22(18(2)28(25-17)21-9-4-3-5-10-21)23(29)27-13-11-26(12-14-27)16-19-7-6-8-20(24)15-19/h3-10,15H,11-14,16H2,1-2H3. The zero-order valence-corrected chi connectivity index (χ0v) is 17.6. The molecule has 0 bridgehead atoms. The maximum absolute atomic E-state index is 13.2. The van der Waals surface area contributed by atoms with E-state index in [0.29, 0.717) is 0 Å². The lowest BCUT2D eigenvalue weighted by Crippen LogP contribution is -2.48. The fraction of sp³-hybridized carbons (Fsp3) is 0.304. The van der Waals surface area contributed by atoms with Crippen molar-refractivity contribution >= 4 is 17.5 Å². The number of carbonyl (C=O) groups is 1. The van der Waals surface area contributed by atoms with Crippen LogP contribution in [0.4, 0.5) is 0 Å². The molecule has 0 saturated carbocycles. The van der Waals surface area contributed by atoms with Crippen LogP contribution in [0.5, 0.6) is 0 Å². The maximum Gasteiger partial charge on any atom is 0.257 e. The Balaban J connectivity index is 1.44. The second kappa shape index (κ2) is 8.39. The number of aryl methyl sites for hydroxylation is 1. The number of hydrogen-bond acceptors (Lipinski definition) is 3. The number of carbonyl (C=O) groups excluding carboxylic acids is 1. The van der Waals surface area contributed by atoms with Crippen LogP contribution in [0.1, 0.15) is 27.3 Å². The first-order valence-electron chi connectivity index (χ1n) is 9.90.